The highest BCUT2D eigenvalue weighted by atomic mass is 79.9. The van der Waals surface area contributed by atoms with Gasteiger partial charge in [-0.3, -0.25) is 9.52 Å². The Morgan fingerprint density at radius 3 is 2.32 bits per heavy atom. The first-order chi connectivity index (χ1) is 13.3. The molecule has 144 valence electrons. The molecule has 0 saturated heterocycles. The summed E-state index contributed by atoms with van der Waals surface area (Å²) in [6, 6.07) is 17.8. The van der Waals surface area contributed by atoms with Gasteiger partial charge in [-0.15, -0.1) is 0 Å². The number of benzene rings is 3. The minimum absolute atomic E-state index is 0.126. The topological polar surface area (TPSA) is 75.3 Å². The minimum Gasteiger partial charge on any atom is -0.322 e. The Morgan fingerprint density at radius 2 is 1.64 bits per heavy atom. The zero-order valence-corrected chi connectivity index (χ0v) is 17.9. The fourth-order valence-electron chi connectivity index (χ4n) is 2.50. The van der Waals surface area contributed by atoms with Gasteiger partial charge in [0.15, 0.2) is 0 Å². The number of hydrogen-bond donors (Lipinski definition) is 2. The number of anilines is 2. The van der Waals surface area contributed by atoms with E-state index in [-0.39, 0.29) is 21.2 Å². The summed E-state index contributed by atoms with van der Waals surface area (Å²) in [5.74, 6) is -0.438. The van der Waals surface area contributed by atoms with Gasteiger partial charge in [-0.25, -0.2) is 8.42 Å². The summed E-state index contributed by atoms with van der Waals surface area (Å²) in [4.78, 5) is 12.8. The van der Waals surface area contributed by atoms with Crippen molar-refractivity contribution in [1.82, 2.24) is 0 Å². The van der Waals surface area contributed by atoms with Crippen molar-refractivity contribution in [2.45, 2.75) is 11.8 Å². The lowest BCUT2D eigenvalue weighted by atomic mass is 10.1. The molecule has 0 saturated carbocycles. The van der Waals surface area contributed by atoms with Crippen LogP contribution < -0.4 is 10.0 Å². The Labute approximate surface area is 176 Å². The maximum absolute atomic E-state index is 12.6. The van der Waals surface area contributed by atoms with E-state index in [4.69, 9.17) is 11.6 Å². The number of sulfonamides is 1. The largest absolute Gasteiger partial charge is 0.322 e. The first-order valence-corrected chi connectivity index (χ1v) is 10.9. The Morgan fingerprint density at radius 1 is 0.964 bits per heavy atom. The van der Waals surface area contributed by atoms with Crippen molar-refractivity contribution in [3.63, 3.8) is 0 Å². The van der Waals surface area contributed by atoms with Crippen LogP contribution in [0.2, 0.25) is 5.02 Å². The molecule has 5 nitrogen and oxygen atoms in total. The molecule has 0 bridgehead atoms. The number of amides is 1. The zero-order valence-electron chi connectivity index (χ0n) is 14.7. The molecule has 0 aromatic heterocycles. The summed E-state index contributed by atoms with van der Waals surface area (Å²) < 4.78 is 28.4. The Bertz CT molecular complexity index is 1140. The Balaban J connectivity index is 1.85. The third kappa shape index (κ3) is 4.73. The monoisotopic (exact) mass is 478 g/mol. The number of carbonyl (C=O) groups is 1. The minimum atomic E-state index is -3.77. The first kappa shape index (κ1) is 20.4. The van der Waals surface area contributed by atoms with Crippen LogP contribution in [0.1, 0.15) is 15.9 Å². The van der Waals surface area contributed by atoms with E-state index >= 15 is 0 Å². The van der Waals surface area contributed by atoms with Crippen molar-refractivity contribution in [1.29, 1.82) is 0 Å². The van der Waals surface area contributed by atoms with Gasteiger partial charge < -0.3 is 5.32 Å². The molecule has 0 atom stereocenters. The van der Waals surface area contributed by atoms with E-state index in [1.807, 2.05) is 19.1 Å². The smallest absolute Gasteiger partial charge is 0.261 e. The second-order valence-electron chi connectivity index (χ2n) is 6.03. The van der Waals surface area contributed by atoms with Crippen molar-refractivity contribution in [3.8, 4) is 0 Å². The third-order valence-electron chi connectivity index (χ3n) is 3.93. The van der Waals surface area contributed by atoms with E-state index in [2.05, 4.69) is 26.0 Å². The van der Waals surface area contributed by atoms with Gasteiger partial charge in [0.05, 0.1) is 15.5 Å². The summed E-state index contributed by atoms with van der Waals surface area (Å²) in [6.45, 7) is 1.91. The van der Waals surface area contributed by atoms with Gasteiger partial charge >= 0.3 is 0 Å². The number of aryl methyl sites for hydroxylation is 1. The van der Waals surface area contributed by atoms with Crippen molar-refractivity contribution >= 4 is 54.8 Å². The molecule has 0 aliphatic heterocycles. The molecule has 2 N–H and O–H groups in total. The van der Waals surface area contributed by atoms with Crippen molar-refractivity contribution in [2.75, 3.05) is 10.0 Å². The average molecular weight is 480 g/mol. The van der Waals surface area contributed by atoms with Gasteiger partial charge in [0.2, 0.25) is 0 Å². The van der Waals surface area contributed by atoms with Crippen LogP contribution in [0.3, 0.4) is 0 Å². The highest BCUT2D eigenvalue weighted by Gasteiger charge is 2.17. The van der Waals surface area contributed by atoms with Crippen LogP contribution in [0.15, 0.2) is 76.1 Å². The van der Waals surface area contributed by atoms with Crippen LogP contribution in [0.4, 0.5) is 11.4 Å². The number of nitrogens with one attached hydrogen (secondary N) is 2. The van der Waals surface area contributed by atoms with E-state index in [0.29, 0.717) is 5.69 Å². The molecule has 3 rings (SSSR count). The van der Waals surface area contributed by atoms with Crippen LogP contribution >= 0.6 is 27.5 Å². The summed E-state index contributed by atoms with van der Waals surface area (Å²) in [6.07, 6.45) is 0. The maximum atomic E-state index is 12.6. The maximum Gasteiger partial charge on any atom is 0.261 e. The number of carbonyl (C=O) groups excluding carboxylic acids is 1. The molecule has 3 aromatic rings. The summed E-state index contributed by atoms with van der Waals surface area (Å²) in [7, 11) is -3.77. The second-order valence-corrected chi connectivity index (χ2v) is 8.98. The molecule has 0 radical (unpaired) electrons. The molecule has 0 aliphatic rings. The van der Waals surface area contributed by atoms with Crippen LogP contribution in [0.5, 0.6) is 0 Å². The van der Waals surface area contributed by atoms with Crippen molar-refractivity contribution in [3.05, 3.63) is 87.4 Å². The van der Waals surface area contributed by atoms with Crippen molar-refractivity contribution in [2.24, 2.45) is 0 Å². The molecule has 0 fully saturated rings. The van der Waals surface area contributed by atoms with Gasteiger partial charge in [0.1, 0.15) is 0 Å². The van der Waals surface area contributed by atoms with Gasteiger partial charge in [-0.1, -0.05) is 45.7 Å². The summed E-state index contributed by atoms with van der Waals surface area (Å²) >= 11 is 9.57. The normalized spacial score (nSPS) is 11.1. The Kier molecular flexibility index (Phi) is 6.07. The van der Waals surface area contributed by atoms with Gasteiger partial charge in [-0.05, 0) is 61.0 Å². The van der Waals surface area contributed by atoms with Crippen LogP contribution in [0.25, 0.3) is 0 Å². The van der Waals surface area contributed by atoms with Gasteiger partial charge in [-0.2, -0.15) is 0 Å². The highest BCUT2D eigenvalue weighted by molar-refractivity contribution is 9.10. The van der Waals surface area contributed by atoms with Crippen LogP contribution in [-0.4, -0.2) is 14.3 Å². The van der Waals surface area contributed by atoms with Crippen LogP contribution in [-0.2, 0) is 10.0 Å². The number of hydrogen-bond acceptors (Lipinski definition) is 3. The lowest BCUT2D eigenvalue weighted by Crippen LogP contribution is -2.15. The lowest BCUT2D eigenvalue weighted by molar-refractivity contribution is 0.102. The standard InChI is InChI=1S/C20H16BrClN2O3S/c1-13-11-14(7-9-18(13)21)23-20(25)17-12-15(8-10-19(17)22)24-28(26,27)16-5-3-2-4-6-16/h2-12,24H,1H3,(H,23,25). The SMILES string of the molecule is Cc1cc(NC(=O)c2cc(NS(=O)(=O)c3ccccc3)ccc2Cl)ccc1Br. The molecule has 0 aliphatic carbocycles. The van der Waals surface area contributed by atoms with Gasteiger partial charge in [0, 0.05) is 15.8 Å². The first-order valence-electron chi connectivity index (χ1n) is 8.21. The molecule has 28 heavy (non-hydrogen) atoms. The van der Waals surface area contributed by atoms with E-state index in [9.17, 15) is 13.2 Å². The molecular weight excluding hydrogens is 464 g/mol. The number of halogens is 2. The van der Waals surface area contributed by atoms with E-state index in [1.54, 1.807) is 24.3 Å². The summed E-state index contributed by atoms with van der Waals surface area (Å²) in [5.41, 5.74) is 1.98. The molecule has 3 aromatic carbocycles. The zero-order chi connectivity index (χ0) is 20.3. The Hall–Kier alpha value is -2.35. The molecule has 1 amide bonds. The third-order valence-corrected chi connectivity index (χ3v) is 6.55. The predicted octanol–water partition coefficient (Wildman–Crippen LogP) is 5.46. The molecule has 0 spiro atoms. The fraction of sp³-hybridized carbons (Fsp3) is 0.0500. The average Bonchev–Trinajstić information content (AvgIpc) is 2.67. The summed E-state index contributed by atoms with van der Waals surface area (Å²) in [5, 5.41) is 2.98. The highest BCUT2D eigenvalue weighted by Crippen LogP contribution is 2.25. The van der Waals surface area contributed by atoms with Gasteiger partial charge in [0.25, 0.3) is 15.9 Å². The second kappa shape index (κ2) is 8.34. The van der Waals surface area contributed by atoms with E-state index in [0.717, 1.165) is 10.0 Å². The predicted molar refractivity (Wildman–Crippen MR) is 116 cm³/mol. The lowest BCUT2D eigenvalue weighted by Gasteiger charge is -2.12. The molecule has 8 heteroatoms. The quantitative estimate of drug-likeness (QED) is 0.510. The molecule has 0 heterocycles. The van der Waals surface area contributed by atoms with E-state index < -0.39 is 15.9 Å². The van der Waals surface area contributed by atoms with Crippen LogP contribution in [0, 0.1) is 6.92 Å². The van der Waals surface area contributed by atoms with Crippen molar-refractivity contribution < 1.29 is 13.2 Å². The molecule has 0 unspecified atom stereocenters. The molecular formula is C20H16BrClN2O3S. The fourth-order valence-corrected chi connectivity index (χ4v) is 4.02. The van der Waals surface area contributed by atoms with E-state index in [1.165, 1.54) is 30.3 Å². The number of rotatable bonds is 5.